The van der Waals surface area contributed by atoms with Gasteiger partial charge in [0.05, 0.1) is 12.2 Å². The highest BCUT2D eigenvalue weighted by Gasteiger charge is 2.32. The molecule has 0 aromatic carbocycles. The Labute approximate surface area is 127 Å². The summed E-state index contributed by atoms with van der Waals surface area (Å²) in [5.41, 5.74) is 0.782. The number of carbonyl (C=O) groups excluding carboxylic acids is 1. The Morgan fingerprint density at radius 2 is 1.95 bits per heavy atom. The molecule has 2 aliphatic rings. The first-order valence-corrected chi connectivity index (χ1v) is 8.07. The lowest BCUT2D eigenvalue weighted by atomic mass is 10.2. The molecule has 2 fully saturated rings. The van der Waals surface area contributed by atoms with Crippen LogP contribution in [0.15, 0.2) is 0 Å². The van der Waals surface area contributed by atoms with Crippen LogP contribution >= 0.6 is 11.3 Å². The first kappa shape index (κ1) is 14.5. The predicted octanol–water partition coefficient (Wildman–Crippen LogP) is 1.38. The highest BCUT2D eigenvalue weighted by atomic mass is 32.1. The molecule has 7 heteroatoms. The summed E-state index contributed by atoms with van der Waals surface area (Å²) in [5.74, 6) is -0.384. The van der Waals surface area contributed by atoms with E-state index in [1.54, 1.807) is 6.92 Å². The molecule has 1 aliphatic heterocycles. The topological polar surface area (TPSA) is 73.7 Å². The Balaban J connectivity index is 1.64. The average Bonchev–Trinajstić information content (AvgIpc) is 3.20. The van der Waals surface area contributed by atoms with Crippen molar-refractivity contribution in [3.05, 3.63) is 15.6 Å². The molecule has 3 rings (SSSR count). The van der Waals surface area contributed by atoms with Crippen LogP contribution in [0.1, 0.15) is 46.1 Å². The summed E-state index contributed by atoms with van der Waals surface area (Å²) in [6.45, 7) is 5.39. The lowest BCUT2D eigenvalue weighted by Crippen LogP contribution is -2.47. The second-order valence-electron chi connectivity index (χ2n) is 5.68. The number of carboxylic acid groups (broad SMARTS) is 1. The van der Waals surface area contributed by atoms with E-state index in [0.29, 0.717) is 17.3 Å². The first-order chi connectivity index (χ1) is 10.0. The molecular formula is C14H19N3O3S. The predicted molar refractivity (Wildman–Crippen MR) is 78.6 cm³/mol. The van der Waals surface area contributed by atoms with Crippen molar-refractivity contribution in [2.45, 2.75) is 32.2 Å². The van der Waals surface area contributed by atoms with Crippen LogP contribution in [0.2, 0.25) is 0 Å². The Morgan fingerprint density at radius 1 is 1.29 bits per heavy atom. The number of thiazole rings is 1. The molecule has 1 aromatic heterocycles. The molecule has 0 radical (unpaired) electrons. The largest absolute Gasteiger partial charge is 0.477 e. The molecular weight excluding hydrogens is 290 g/mol. The average molecular weight is 309 g/mol. The van der Waals surface area contributed by atoms with Gasteiger partial charge < -0.3 is 10.0 Å². The van der Waals surface area contributed by atoms with Crippen molar-refractivity contribution in [2.75, 3.05) is 26.2 Å². The van der Waals surface area contributed by atoms with Crippen molar-refractivity contribution in [1.29, 1.82) is 0 Å². The van der Waals surface area contributed by atoms with E-state index in [-0.39, 0.29) is 5.91 Å². The van der Waals surface area contributed by atoms with E-state index in [4.69, 9.17) is 0 Å². The summed E-state index contributed by atoms with van der Waals surface area (Å²) in [5, 5.41) is 10.2. The zero-order chi connectivity index (χ0) is 15.0. The van der Waals surface area contributed by atoms with Gasteiger partial charge in [-0.25, -0.2) is 9.78 Å². The number of carboxylic acids is 1. The molecule has 0 unspecified atom stereocenters. The lowest BCUT2D eigenvalue weighted by molar-refractivity contribution is -0.130. The number of aromatic carboxylic acids is 1. The molecule has 1 saturated carbocycles. The molecule has 114 valence electrons. The highest BCUT2D eigenvalue weighted by Crippen LogP contribution is 2.42. The third-order valence-electron chi connectivity index (χ3n) is 4.03. The van der Waals surface area contributed by atoms with Gasteiger partial charge in [0.25, 0.3) is 0 Å². The van der Waals surface area contributed by atoms with Gasteiger partial charge >= 0.3 is 5.97 Å². The molecule has 2 heterocycles. The van der Waals surface area contributed by atoms with Crippen LogP contribution in [0.5, 0.6) is 0 Å². The minimum absolute atomic E-state index is 0.119. The number of piperazine rings is 1. The number of aromatic nitrogens is 1. The summed E-state index contributed by atoms with van der Waals surface area (Å²) in [6, 6.07) is 0. The summed E-state index contributed by atoms with van der Waals surface area (Å²) >= 11 is 1.30. The standard InChI is InChI=1S/C14H19N3O3S/c1-9(18)17-6-4-16(5-7-17)8-11-15-12(10-2-3-10)13(21-11)14(19)20/h10H,2-8H2,1H3,(H,19,20). The van der Waals surface area contributed by atoms with Crippen molar-refractivity contribution >= 4 is 23.2 Å². The van der Waals surface area contributed by atoms with Crippen molar-refractivity contribution < 1.29 is 14.7 Å². The first-order valence-electron chi connectivity index (χ1n) is 7.25. The Hall–Kier alpha value is -1.47. The van der Waals surface area contributed by atoms with E-state index < -0.39 is 5.97 Å². The van der Waals surface area contributed by atoms with Gasteiger partial charge in [0.15, 0.2) is 0 Å². The second kappa shape index (κ2) is 5.73. The summed E-state index contributed by atoms with van der Waals surface area (Å²) in [4.78, 5) is 31.6. The molecule has 0 bridgehead atoms. The van der Waals surface area contributed by atoms with Crippen LogP contribution in [0.25, 0.3) is 0 Å². The van der Waals surface area contributed by atoms with Crippen LogP contribution in [0.3, 0.4) is 0 Å². The number of nitrogens with zero attached hydrogens (tertiary/aromatic N) is 3. The molecule has 6 nitrogen and oxygen atoms in total. The zero-order valence-corrected chi connectivity index (χ0v) is 12.9. The maximum Gasteiger partial charge on any atom is 0.347 e. The summed E-state index contributed by atoms with van der Waals surface area (Å²) in [6.07, 6.45) is 2.11. The van der Waals surface area contributed by atoms with Crippen LogP contribution in [-0.2, 0) is 11.3 Å². The van der Waals surface area contributed by atoms with Gasteiger partial charge in [-0.3, -0.25) is 9.69 Å². The molecule has 0 atom stereocenters. The van der Waals surface area contributed by atoms with E-state index in [1.807, 2.05) is 4.90 Å². The van der Waals surface area contributed by atoms with E-state index >= 15 is 0 Å². The van der Waals surface area contributed by atoms with E-state index in [9.17, 15) is 14.7 Å². The molecule has 1 aliphatic carbocycles. The van der Waals surface area contributed by atoms with E-state index in [0.717, 1.165) is 49.7 Å². The minimum Gasteiger partial charge on any atom is -0.477 e. The van der Waals surface area contributed by atoms with Crippen molar-refractivity contribution in [2.24, 2.45) is 0 Å². The monoisotopic (exact) mass is 309 g/mol. The number of rotatable bonds is 4. The quantitative estimate of drug-likeness (QED) is 0.909. The zero-order valence-electron chi connectivity index (χ0n) is 12.0. The Bertz CT molecular complexity index is 560. The fraction of sp³-hybridized carbons (Fsp3) is 0.643. The van der Waals surface area contributed by atoms with Crippen LogP contribution < -0.4 is 0 Å². The smallest absolute Gasteiger partial charge is 0.347 e. The fourth-order valence-corrected chi connectivity index (χ4v) is 3.68. The molecule has 1 N–H and O–H groups in total. The maximum absolute atomic E-state index is 11.3. The van der Waals surface area contributed by atoms with Crippen LogP contribution in [0.4, 0.5) is 0 Å². The molecule has 1 saturated heterocycles. The Morgan fingerprint density at radius 3 is 2.48 bits per heavy atom. The lowest BCUT2D eigenvalue weighted by Gasteiger charge is -2.33. The van der Waals surface area contributed by atoms with Crippen molar-refractivity contribution in [3.8, 4) is 0 Å². The summed E-state index contributed by atoms with van der Waals surface area (Å²) < 4.78 is 0. The Kier molecular flexibility index (Phi) is 3.95. The second-order valence-corrected chi connectivity index (χ2v) is 6.77. The van der Waals surface area contributed by atoms with Crippen molar-refractivity contribution in [1.82, 2.24) is 14.8 Å². The van der Waals surface area contributed by atoms with Gasteiger partial charge in [0, 0.05) is 39.0 Å². The van der Waals surface area contributed by atoms with Gasteiger partial charge in [-0.2, -0.15) is 0 Å². The highest BCUT2D eigenvalue weighted by molar-refractivity contribution is 7.13. The third-order valence-corrected chi connectivity index (χ3v) is 5.08. The maximum atomic E-state index is 11.3. The third kappa shape index (κ3) is 3.24. The normalized spacial score (nSPS) is 19.8. The summed E-state index contributed by atoms with van der Waals surface area (Å²) in [7, 11) is 0. The number of hydrogen-bond donors (Lipinski definition) is 1. The fourth-order valence-electron chi connectivity index (χ4n) is 2.64. The molecule has 1 aromatic rings. The van der Waals surface area contributed by atoms with Gasteiger partial charge in [-0.05, 0) is 12.8 Å². The molecule has 1 amide bonds. The van der Waals surface area contributed by atoms with Gasteiger partial charge in [0.2, 0.25) is 5.91 Å². The SMILES string of the molecule is CC(=O)N1CCN(Cc2nc(C3CC3)c(C(=O)O)s2)CC1. The van der Waals surface area contributed by atoms with Crippen LogP contribution in [-0.4, -0.2) is 57.9 Å². The number of carbonyl (C=O) groups is 2. The van der Waals surface area contributed by atoms with E-state index in [1.165, 1.54) is 11.3 Å². The van der Waals surface area contributed by atoms with E-state index in [2.05, 4.69) is 9.88 Å². The van der Waals surface area contributed by atoms with Gasteiger partial charge in [-0.1, -0.05) is 0 Å². The van der Waals surface area contributed by atoms with Crippen molar-refractivity contribution in [3.63, 3.8) is 0 Å². The van der Waals surface area contributed by atoms with Gasteiger partial charge in [0.1, 0.15) is 9.88 Å². The molecule has 0 spiro atoms. The number of hydrogen-bond acceptors (Lipinski definition) is 5. The number of amides is 1. The van der Waals surface area contributed by atoms with Crippen LogP contribution in [0, 0.1) is 0 Å². The van der Waals surface area contributed by atoms with Gasteiger partial charge in [-0.15, -0.1) is 11.3 Å². The minimum atomic E-state index is -0.859. The molecule has 21 heavy (non-hydrogen) atoms.